The second-order valence-corrected chi connectivity index (χ2v) is 7.02. The van der Waals surface area contributed by atoms with Gasteiger partial charge in [-0.15, -0.1) is 0 Å². The van der Waals surface area contributed by atoms with Crippen LogP contribution in [0.1, 0.15) is 44.6 Å². The molecule has 2 heterocycles. The van der Waals surface area contributed by atoms with Gasteiger partial charge >= 0.3 is 0 Å². The Kier molecular flexibility index (Phi) is 7.37. The number of nitrogens with zero attached hydrogens (tertiary/aromatic N) is 3. The van der Waals surface area contributed by atoms with Gasteiger partial charge < -0.3 is 5.73 Å². The van der Waals surface area contributed by atoms with Crippen LogP contribution in [0.25, 0.3) is 0 Å². The minimum atomic E-state index is -0.170. The van der Waals surface area contributed by atoms with E-state index in [4.69, 9.17) is 11.1 Å². The molecule has 0 spiro atoms. The third-order valence-electron chi connectivity index (χ3n) is 5.14. The zero-order chi connectivity index (χ0) is 18.2. The van der Waals surface area contributed by atoms with Crippen molar-refractivity contribution in [1.82, 2.24) is 14.8 Å². The number of amides is 1. The van der Waals surface area contributed by atoms with Gasteiger partial charge in [-0.05, 0) is 49.4 Å². The minimum absolute atomic E-state index is 0.00305. The Morgan fingerprint density at radius 1 is 1.48 bits per heavy atom. The van der Waals surface area contributed by atoms with E-state index in [1.165, 1.54) is 10.5 Å². The van der Waals surface area contributed by atoms with E-state index in [1.807, 2.05) is 24.5 Å². The fourth-order valence-electron chi connectivity index (χ4n) is 3.66. The molecule has 1 saturated heterocycles. The lowest BCUT2D eigenvalue weighted by molar-refractivity contribution is -0.133. The van der Waals surface area contributed by atoms with Crippen LogP contribution in [-0.4, -0.2) is 46.8 Å². The van der Waals surface area contributed by atoms with Gasteiger partial charge in [-0.25, -0.2) is 0 Å². The molecule has 138 valence electrons. The van der Waals surface area contributed by atoms with Gasteiger partial charge in [0.15, 0.2) is 5.96 Å². The highest BCUT2D eigenvalue weighted by Crippen LogP contribution is 2.30. The van der Waals surface area contributed by atoms with Gasteiger partial charge in [-0.3, -0.25) is 25.0 Å². The molecule has 1 aromatic heterocycles. The molecule has 3 N–H and O–H groups in total. The highest BCUT2D eigenvalue weighted by molar-refractivity contribution is 5.95. The molecular formula is C19H31N5O. The van der Waals surface area contributed by atoms with Gasteiger partial charge in [0.25, 0.3) is 0 Å². The van der Waals surface area contributed by atoms with Crippen molar-refractivity contribution in [2.45, 2.75) is 45.6 Å². The van der Waals surface area contributed by atoms with E-state index >= 15 is 0 Å². The molecule has 25 heavy (non-hydrogen) atoms. The van der Waals surface area contributed by atoms with E-state index in [9.17, 15) is 4.79 Å². The maximum absolute atomic E-state index is 12.8. The second-order valence-electron chi connectivity index (χ2n) is 7.02. The molecular weight excluding hydrogens is 314 g/mol. The molecule has 1 fully saturated rings. The molecule has 1 amide bonds. The third kappa shape index (κ3) is 5.53. The standard InChI is InChI=1S/C19H31N5O/c1-3-4-7-17(18(25)23(2)19(20)21)16-6-5-12-24(14-16)13-15-8-10-22-11-9-15/h8-11,16-17H,3-7,12-14H2,1-2H3,(H3,20,21)/t16-,17+/m1/s1. The van der Waals surface area contributed by atoms with Crippen molar-refractivity contribution < 1.29 is 4.79 Å². The van der Waals surface area contributed by atoms with Crippen molar-refractivity contribution in [1.29, 1.82) is 5.41 Å². The maximum Gasteiger partial charge on any atom is 0.232 e. The number of nitrogens with one attached hydrogen (secondary N) is 1. The minimum Gasteiger partial charge on any atom is -0.370 e. The Balaban J connectivity index is 2.05. The average Bonchev–Trinajstić information content (AvgIpc) is 2.62. The molecule has 0 saturated carbocycles. The first kappa shape index (κ1) is 19.4. The monoisotopic (exact) mass is 345 g/mol. The first-order valence-corrected chi connectivity index (χ1v) is 9.25. The molecule has 1 aromatic rings. The van der Waals surface area contributed by atoms with Crippen molar-refractivity contribution >= 4 is 11.9 Å². The van der Waals surface area contributed by atoms with Crippen LogP contribution < -0.4 is 5.73 Å². The second kappa shape index (κ2) is 9.51. The summed E-state index contributed by atoms with van der Waals surface area (Å²) < 4.78 is 0. The van der Waals surface area contributed by atoms with Crippen molar-refractivity contribution in [3.05, 3.63) is 30.1 Å². The third-order valence-corrected chi connectivity index (χ3v) is 5.14. The molecule has 2 atom stereocenters. The number of likely N-dealkylation sites (tertiary alicyclic amines) is 1. The van der Waals surface area contributed by atoms with Crippen molar-refractivity contribution in [3.63, 3.8) is 0 Å². The summed E-state index contributed by atoms with van der Waals surface area (Å²) in [5.41, 5.74) is 6.79. The predicted molar refractivity (Wildman–Crippen MR) is 99.9 cm³/mol. The van der Waals surface area contributed by atoms with Gasteiger partial charge in [-0.2, -0.15) is 0 Å². The largest absolute Gasteiger partial charge is 0.370 e. The van der Waals surface area contributed by atoms with Gasteiger partial charge in [0.1, 0.15) is 0 Å². The average molecular weight is 345 g/mol. The quantitative estimate of drug-likeness (QED) is 0.587. The van der Waals surface area contributed by atoms with Crippen LogP contribution in [0.15, 0.2) is 24.5 Å². The lowest BCUT2D eigenvalue weighted by atomic mass is 9.81. The number of unbranched alkanes of at least 4 members (excludes halogenated alkanes) is 1. The van der Waals surface area contributed by atoms with Gasteiger partial charge in [0.05, 0.1) is 0 Å². The SMILES string of the molecule is CCCC[C@H](C(=O)N(C)C(=N)N)[C@@H]1CCCN(Cc2ccncc2)C1. The summed E-state index contributed by atoms with van der Waals surface area (Å²) in [5.74, 6) is 0.109. The lowest BCUT2D eigenvalue weighted by Gasteiger charge is -2.37. The fourth-order valence-corrected chi connectivity index (χ4v) is 3.66. The van der Waals surface area contributed by atoms with Gasteiger partial charge in [0, 0.05) is 38.4 Å². The summed E-state index contributed by atoms with van der Waals surface area (Å²) in [6.07, 6.45) is 8.80. The Morgan fingerprint density at radius 3 is 2.84 bits per heavy atom. The van der Waals surface area contributed by atoms with E-state index in [1.54, 1.807) is 7.05 Å². The summed E-state index contributed by atoms with van der Waals surface area (Å²) in [6, 6.07) is 4.10. The summed E-state index contributed by atoms with van der Waals surface area (Å²) in [6.45, 7) is 5.04. The van der Waals surface area contributed by atoms with E-state index in [0.717, 1.165) is 51.7 Å². The summed E-state index contributed by atoms with van der Waals surface area (Å²) in [4.78, 5) is 20.6. The number of guanidine groups is 1. The number of rotatable bonds is 7. The number of hydrogen-bond acceptors (Lipinski definition) is 4. The molecule has 2 rings (SSSR count). The number of carbonyl (C=O) groups excluding carboxylic acids is 1. The number of nitrogens with two attached hydrogens (primary N) is 1. The summed E-state index contributed by atoms with van der Waals surface area (Å²) in [7, 11) is 1.61. The molecule has 0 unspecified atom stereocenters. The van der Waals surface area contributed by atoms with Gasteiger partial charge in [0.2, 0.25) is 5.91 Å². The highest BCUT2D eigenvalue weighted by atomic mass is 16.2. The van der Waals surface area contributed by atoms with Crippen molar-refractivity contribution in [2.24, 2.45) is 17.6 Å². The number of piperidine rings is 1. The van der Waals surface area contributed by atoms with Crippen LogP contribution in [-0.2, 0) is 11.3 Å². The fraction of sp³-hybridized carbons (Fsp3) is 0.632. The molecule has 6 heteroatoms. The number of hydrogen-bond donors (Lipinski definition) is 2. The lowest BCUT2D eigenvalue weighted by Crippen LogP contribution is -2.47. The van der Waals surface area contributed by atoms with Crippen LogP contribution in [0, 0.1) is 17.2 Å². The van der Waals surface area contributed by atoms with E-state index < -0.39 is 0 Å². The first-order chi connectivity index (χ1) is 12.0. The van der Waals surface area contributed by atoms with Crippen LogP contribution >= 0.6 is 0 Å². The van der Waals surface area contributed by atoms with Crippen LogP contribution in [0.3, 0.4) is 0 Å². The topological polar surface area (TPSA) is 86.3 Å². The molecule has 0 radical (unpaired) electrons. The van der Waals surface area contributed by atoms with E-state index in [2.05, 4.69) is 16.8 Å². The Labute approximate surface area is 150 Å². The highest BCUT2D eigenvalue weighted by Gasteiger charge is 2.33. The molecule has 1 aliphatic heterocycles. The summed E-state index contributed by atoms with van der Waals surface area (Å²) >= 11 is 0. The molecule has 0 bridgehead atoms. The van der Waals surface area contributed by atoms with Crippen molar-refractivity contribution in [3.8, 4) is 0 Å². The van der Waals surface area contributed by atoms with Crippen LogP contribution in [0.4, 0.5) is 0 Å². The smallest absolute Gasteiger partial charge is 0.232 e. The van der Waals surface area contributed by atoms with Gasteiger partial charge in [-0.1, -0.05) is 19.8 Å². The van der Waals surface area contributed by atoms with Crippen LogP contribution in [0.5, 0.6) is 0 Å². The van der Waals surface area contributed by atoms with Crippen LogP contribution in [0.2, 0.25) is 0 Å². The number of carbonyl (C=O) groups is 1. The number of aromatic nitrogens is 1. The predicted octanol–water partition coefficient (Wildman–Crippen LogP) is 2.45. The maximum atomic E-state index is 12.8. The molecule has 0 aromatic carbocycles. The molecule has 1 aliphatic rings. The Morgan fingerprint density at radius 2 is 2.20 bits per heavy atom. The zero-order valence-electron chi connectivity index (χ0n) is 15.4. The zero-order valence-corrected chi connectivity index (χ0v) is 15.4. The summed E-state index contributed by atoms with van der Waals surface area (Å²) in [5, 5.41) is 7.57. The number of pyridine rings is 1. The Hall–Kier alpha value is -1.95. The first-order valence-electron chi connectivity index (χ1n) is 9.25. The van der Waals surface area contributed by atoms with Crippen molar-refractivity contribution in [2.75, 3.05) is 20.1 Å². The molecule has 0 aliphatic carbocycles. The molecule has 6 nitrogen and oxygen atoms in total. The normalized spacial score (nSPS) is 19.4. The Bertz CT molecular complexity index is 562. The van der Waals surface area contributed by atoms with E-state index in [0.29, 0.717) is 5.92 Å². The van der Waals surface area contributed by atoms with E-state index in [-0.39, 0.29) is 17.8 Å².